The number of nitrogen functional groups attached to an aromatic ring is 1. The largest absolute Gasteiger partial charge is 0.383 e. The van der Waals surface area contributed by atoms with Gasteiger partial charge in [-0.3, -0.25) is 0 Å². The SMILES string of the molecule is CC.CC1CCCC(c2c(-c3nn(C(C)C)c4ncnc(N)c34)noc2C(C)C)CCC1. The first kappa shape index (κ1) is 24.2. The van der Waals surface area contributed by atoms with Crippen LogP contribution in [0.5, 0.6) is 0 Å². The van der Waals surface area contributed by atoms with Gasteiger partial charge in [-0.05, 0) is 38.5 Å². The molecule has 176 valence electrons. The Labute approximate surface area is 192 Å². The van der Waals surface area contributed by atoms with Gasteiger partial charge in [0, 0.05) is 17.5 Å². The molecule has 32 heavy (non-hydrogen) atoms. The van der Waals surface area contributed by atoms with Crippen LogP contribution in [-0.4, -0.2) is 24.9 Å². The number of anilines is 1. The van der Waals surface area contributed by atoms with Gasteiger partial charge in [-0.25, -0.2) is 14.6 Å². The van der Waals surface area contributed by atoms with Crippen LogP contribution in [0.1, 0.15) is 116 Å². The molecule has 0 aromatic carbocycles. The summed E-state index contributed by atoms with van der Waals surface area (Å²) in [6.07, 6.45) is 8.88. The first-order chi connectivity index (χ1) is 15.4. The molecule has 1 aliphatic rings. The van der Waals surface area contributed by atoms with Gasteiger partial charge in [0.15, 0.2) is 5.65 Å². The maximum atomic E-state index is 6.30. The quantitative estimate of drug-likeness (QED) is 0.475. The highest BCUT2D eigenvalue weighted by molar-refractivity contribution is 5.98. The van der Waals surface area contributed by atoms with Crippen LogP contribution < -0.4 is 5.73 Å². The van der Waals surface area contributed by atoms with Gasteiger partial charge in [0.05, 0.1) is 5.39 Å². The van der Waals surface area contributed by atoms with E-state index >= 15 is 0 Å². The number of nitrogens with two attached hydrogens (primary N) is 1. The lowest BCUT2D eigenvalue weighted by atomic mass is 9.80. The Kier molecular flexibility index (Phi) is 7.91. The van der Waals surface area contributed by atoms with Crippen molar-refractivity contribution in [2.24, 2.45) is 5.92 Å². The van der Waals surface area contributed by atoms with E-state index in [2.05, 4.69) is 49.7 Å². The maximum absolute atomic E-state index is 6.30. The van der Waals surface area contributed by atoms with Gasteiger partial charge >= 0.3 is 0 Å². The van der Waals surface area contributed by atoms with Crippen LogP contribution in [0.3, 0.4) is 0 Å². The van der Waals surface area contributed by atoms with Crippen LogP contribution in [0.2, 0.25) is 0 Å². The molecule has 0 bridgehead atoms. The monoisotopic (exact) mass is 440 g/mol. The molecule has 0 radical (unpaired) electrons. The van der Waals surface area contributed by atoms with Gasteiger partial charge in [0.25, 0.3) is 0 Å². The van der Waals surface area contributed by atoms with Crippen molar-refractivity contribution in [1.82, 2.24) is 24.9 Å². The normalized spacial score (nSPS) is 19.7. The molecule has 7 nitrogen and oxygen atoms in total. The minimum absolute atomic E-state index is 0.151. The maximum Gasteiger partial charge on any atom is 0.164 e. The van der Waals surface area contributed by atoms with E-state index in [1.807, 2.05) is 18.5 Å². The zero-order valence-electron chi connectivity index (χ0n) is 20.9. The van der Waals surface area contributed by atoms with Crippen molar-refractivity contribution in [2.75, 3.05) is 5.73 Å². The Morgan fingerprint density at radius 2 is 1.66 bits per heavy atom. The van der Waals surface area contributed by atoms with E-state index in [1.165, 1.54) is 37.6 Å². The standard InChI is InChI=1S/C23H34N6O.C2H6/c1-13(2)21-17(16-10-6-8-15(5)9-7-11-16)20(28-30-21)19-18-22(24)25-12-26-23(18)29(27-19)14(3)4;1-2/h12-16H,6-11H2,1-5H3,(H2,24,25,26);1-2H3. The lowest BCUT2D eigenvalue weighted by Gasteiger charge is -2.23. The molecule has 7 heteroatoms. The number of rotatable bonds is 4. The fraction of sp³-hybridized carbons (Fsp3) is 0.680. The van der Waals surface area contributed by atoms with Crippen molar-refractivity contribution < 1.29 is 4.52 Å². The van der Waals surface area contributed by atoms with E-state index < -0.39 is 0 Å². The fourth-order valence-electron chi connectivity index (χ4n) is 4.82. The third kappa shape index (κ3) is 4.66. The molecule has 1 saturated carbocycles. The van der Waals surface area contributed by atoms with Gasteiger partial charge < -0.3 is 10.3 Å². The predicted molar refractivity (Wildman–Crippen MR) is 131 cm³/mol. The van der Waals surface area contributed by atoms with Crippen LogP contribution in [-0.2, 0) is 0 Å². The molecule has 0 spiro atoms. The van der Waals surface area contributed by atoms with Crippen molar-refractivity contribution in [3.8, 4) is 11.4 Å². The van der Waals surface area contributed by atoms with Gasteiger partial charge in [-0.15, -0.1) is 0 Å². The first-order valence-electron chi connectivity index (χ1n) is 12.4. The Morgan fingerprint density at radius 1 is 1.00 bits per heavy atom. The Balaban J connectivity index is 0.00000141. The minimum Gasteiger partial charge on any atom is -0.383 e. The molecule has 3 aromatic rings. The van der Waals surface area contributed by atoms with E-state index in [0.717, 1.165) is 46.9 Å². The number of hydrogen-bond donors (Lipinski definition) is 1. The molecular weight excluding hydrogens is 400 g/mol. The van der Waals surface area contributed by atoms with Crippen LogP contribution in [0.4, 0.5) is 5.82 Å². The zero-order chi connectivity index (χ0) is 23.4. The highest BCUT2D eigenvalue weighted by Crippen LogP contribution is 2.43. The van der Waals surface area contributed by atoms with Crippen LogP contribution in [0.25, 0.3) is 22.4 Å². The molecule has 1 fully saturated rings. The molecule has 0 amide bonds. The Morgan fingerprint density at radius 3 is 2.25 bits per heavy atom. The topological polar surface area (TPSA) is 95.7 Å². The summed E-state index contributed by atoms with van der Waals surface area (Å²) in [6.45, 7) is 14.9. The number of fused-ring (bicyclic) bond motifs is 1. The van der Waals surface area contributed by atoms with Crippen molar-refractivity contribution in [1.29, 1.82) is 0 Å². The molecule has 0 atom stereocenters. The summed E-state index contributed by atoms with van der Waals surface area (Å²) < 4.78 is 7.85. The van der Waals surface area contributed by atoms with Gasteiger partial charge in [-0.2, -0.15) is 5.10 Å². The molecule has 3 heterocycles. The summed E-state index contributed by atoms with van der Waals surface area (Å²) in [5.74, 6) is 2.93. The van der Waals surface area contributed by atoms with Crippen LogP contribution in [0.15, 0.2) is 10.9 Å². The van der Waals surface area contributed by atoms with E-state index in [1.54, 1.807) is 0 Å². The number of hydrogen-bond acceptors (Lipinski definition) is 6. The summed E-state index contributed by atoms with van der Waals surface area (Å²) >= 11 is 0. The average molecular weight is 441 g/mol. The van der Waals surface area contributed by atoms with Crippen molar-refractivity contribution >= 4 is 16.9 Å². The second-order valence-corrected chi connectivity index (χ2v) is 9.47. The smallest absolute Gasteiger partial charge is 0.164 e. The average Bonchev–Trinajstić information content (AvgIpc) is 3.35. The second kappa shape index (κ2) is 10.5. The summed E-state index contributed by atoms with van der Waals surface area (Å²) in [7, 11) is 0. The molecule has 4 rings (SSSR count). The molecule has 0 unspecified atom stereocenters. The highest BCUT2D eigenvalue weighted by Gasteiger charge is 2.31. The van der Waals surface area contributed by atoms with Gasteiger partial charge in [0.1, 0.15) is 29.3 Å². The first-order valence-corrected chi connectivity index (χ1v) is 12.4. The van der Waals surface area contributed by atoms with Crippen LogP contribution >= 0.6 is 0 Å². The third-order valence-electron chi connectivity index (χ3n) is 6.42. The summed E-state index contributed by atoms with van der Waals surface area (Å²) in [5.41, 5.74) is 9.84. The van der Waals surface area contributed by atoms with Gasteiger partial charge in [-0.1, -0.05) is 65.5 Å². The molecule has 2 N–H and O–H groups in total. The molecule has 0 saturated heterocycles. The second-order valence-electron chi connectivity index (χ2n) is 9.47. The van der Waals surface area contributed by atoms with E-state index in [-0.39, 0.29) is 12.0 Å². The van der Waals surface area contributed by atoms with Crippen molar-refractivity contribution in [2.45, 2.75) is 105 Å². The molecule has 0 aliphatic heterocycles. The van der Waals surface area contributed by atoms with Crippen molar-refractivity contribution in [3.05, 3.63) is 17.7 Å². The molecule has 3 aromatic heterocycles. The summed E-state index contributed by atoms with van der Waals surface area (Å²) in [5, 5.41) is 10.2. The Hall–Kier alpha value is -2.44. The van der Waals surface area contributed by atoms with E-state index in [4.69, 9.17) is 15.4 Å². The minimum atomic E-state index is 0.151. The zero-order valence-corrected chi connectivity index (χ0v) is 20.9. The molecule has 1 aliphatic carbocycles. The molecular formula is C25H40N6O. The lowest BCUT2D eigenvalue weighted by Crippen LogP contribution is -2.09. The van der Waals surface area contributed by atoms with E-state index in [9.17, 15) is 0 Å². The fourth-order valence-corrected chi connectivity index (χ4v) is 4.82. The predicted octanol–water partition coefficient (Wildman–Crippen LogP) is 6.87. The van der Waals surface area contributed by atoms with Crippen molar-refractivity contribution in [3.63, 3.8) is 0 Å². The number of aromatic nitrogens is 5. The lowest BCUT2D eigenvalue weighted by molar-refractivity contribution is 0.356. The third-order valence-corrected chi connectivity index (χ3v) is 6.42. The van der Waals surface area contributed by atoms with E-state index in [0.29, 0.717) is 11.7 Å². The Bertz CT molecular complexity index is 1010. The summed E-state index contributed by atoms with van der Waals surface area (Å²) in [6, 6.07) is 0.151. The van der Waals surface area contributed by atoms with Gasteiger partial charge in [0.2, 0.25) is 0 Å². The van der Waals surface area contributed by atoms with Crippen LogP contribution in [0, 0.1) is 5.92 Å². The summed E-state index contributed by atoms with van der Waals surface area (Å²) in [4.78, 5) is 8.72. The number of nitrogens with zero attached hydrogens (tertiary/aromatic N) is 5. The highest BCUT2D eigenvalue weighted by atomic mass is 16.5.